The van der Waals surface area contributed by atoms with E-state index in [9.17, 15) is 0 Å². The molecule has 2 aromatic rings. The Labute approximate surface area is 142 Å². The molecule has 2 heterocycles. The lowest BCUT2D eigenvalue weighted by Gasteiger charge is -2.23. The summed E-state index contributed by atoms with van der Waals surface area (Å²) < 4.78 is 6.05. The van der Waals surface area contributed by atoms with Crippen LogP contribution < -0.4 is 15.4 Å². The highest BCUT2D eigenvalue weighted by Crippen LogP contribution is 2.30. The zero-order valence-electron chi connectivity index (χ0n) is 13.1. The molecule has 1 aromatic heterocycles. The van der Waals surface area contributed by atoms with Crippen molar-refractivity contribution < 1.29 is 4.74 Å². The predicted octanol–water partition coefficient (Wildman–Crippen LogP) is 3.00. The van der Waals surface area contributed by atoms with Crippen LogP contribution in [0, 0.1) is 5.92 Å². The quantitative estimate of drug-likeness (QED) is 0.880. The Kier molecular flexibility index (Phi) is 5.18. The van der Waals surface area contributed by atoms with Crippen molar-refractivity contribution in [3.05, 3.63) is 24.3 Å². The second-order valence-corrected chi connectivity index (χ2v) is 6.29. The van der Waals surface area contributed by atoms with E-state index in [-0.39, 0.29) is 12.4 Å². The third-order valence-electron chi connectivity index (χ3n) is 4.37. The SMILES string of the molecule is Cl.c1ccc2nc(OCC3CCNCC3)c(NC3CC3)nc2c1. The number of piperidine rings is 1. The van der Waals surface area contributed by atoms with Gasteiger partial charge in [-0.05, 0) is 56.8 Å². The zero-order valence-corrected chi connectivity index (χ0v) is 13.9. The number of hydrogen-bond acceptors (Lipinski definition) is 5. The molecule has 0 amide bonds. The van der Waals surface area contributed by atoms with Gasteiger partial charge in [-0.2, -0.15) is 0 Å². The number of anilines is 1. The lowest BCUT2D eigenvalue weighted by molar-refractivity contribution is 0.210. The number of rotatable bonds is 5. The minimum atomic E-state index is 0. The fourth-order valence-electron chi connectivity index (χ4n) is 2.84. The van der Waals surface area contributed by atoms with Crippen molar-refractivity contribution in [3.8, 4) is 5.88 Å². The minimum Gasteiger partial charge on any atom is -0.475 e. The first-order valence-electron chi connectivity index (χ1n) is 8.25. The molecule has 1 aliphatic heterocycles. The molecule has 0 unspecified atom stereocenters. The Balaban J connectivity index is 0.00000156. The monoisotopic (exact) mass is 334 g/mol. The number of fused-ring (bicyclic) bond motifs is 1. The highest BCUT2D eigenvalue weighted by atomic mass is 35.5. The summed E-state index contributed by atoms with van der Waals surface area (Å²) in [5.41, 5.74) is 1.81. The number of hydrogen-bond donors (Lipinski definition) is 2. The smallest absolute Gasteiger partial charge is 0.258 e. The van der Waals surface area contributed by atoms with E-state index >= 15 is 0 Å². The second-order valence-electron chi connectivity index (χ2n) is 6.29. The van der Waals surface area contributed by atoms with Crippen molar-refractivity contribution in [3.63, 3.8) is 0 Å². The highest BCUT2D eigenvalue weighted by Gasteiger charge is 2.24. The standard InChI is InChI=1S/C17H22N4O.ClH/c1-2-4-15-14(3-1)20-16(19-13-5-6-13)17(21-15)22-11-12-7-9-18-10-8-12;/h1-4,12-13,18H,5-11H2,(H,19,20);1H. The van der Waals surface area contributed by atoms with Crippen LogP contribution in [0.4, 0.5) is 5.82 Å². The molecule has 5 nitrogen and oxygen atoms in total. The molecule has 1 saturated carbocycles. The van der Waals surface area contributed by atoms with Crippen molar-refractivity contribution in [1.29, 1.82) is 0 Å². The van der Waals surface area contributed by atoms with E-state index < -0.39 is 0 Å². The molecule has 0 bridgehead atoms. The fourth-order valence-corrected chi connectivity index (χ4v) is 2.84. The molecule has 1 aliphatic carbocycles. The number of aromatic nitrogens is 2. The van der Waals surface area contributed by atoms with Gasteiger partial charge in [-0.25, -0.2) is 9.97 Å². The normalized spacial score (nSPS) is 18.4. The maximum absolute atomic E-state index is 6.05. The Hall–Kier alpha value is -1.59. The van der Waals surface area contributed by atoms with Crippen molar-refractivity contribution >= 4 is 29.3 Å². The van der Waals surface area contributed by atoms with Gasteiger partial charge < -0.3 is 15.4 Å². The van der Waals surface area contributed by atoms with Crippen LogP contribution in [-0.2, 0) is 0 Å². The summed E-state index contributed by atoms with van der Waals surface area (Å²) in [6, 6.07) is 8.50. The predicted molar refractivity (Wildman–Crippen MR) is 94.5 cm³/mol. The third-order valence-corrected chi connectivity index (χ3v) is 4.37. The van der Waals surface area contributed by atoms with Gasteiger partial charge in [-0.1, -0.05) is 12.1 Å². The van der Waals surface area contributed by atoms with Crippen molar-refractivity contribution in [2.24, 2.45) is 5.92 Å². The minimum absolute atomic E-state index is 0. The molecule has 0 spiro atoms. The van der Waals surface area contributed by atoms with Crippen LogP contribution in [0.1, 0.15) is 25.7 Å². The molecule has 0 atom stereocenters. The molecule has 2 N–H and O–H groups in total. The van der Waals surface area contributed by atoms with Gasteiger partial charge in [0, 0.05) is 6.04 Å². The van der Waals surface area contributed by atoms with Gasteiger partial charge in [0.25, 0.3) is 5.88 Å². The molecule has 124 valence electrons. The van der Waals surface area contributed by atoms with Gasteiger partial charge >= 0.3 is 0 Å². The van der Waals surface area contributed by atoms with Crippen LogP contribution in [0.3, 0.4) is 0 Å². The average molecular weight is 335 g/mol. The van der Waals surface area contributed by atoms with Crippen molar-refractivity contribution in [2.75, 3.05) is 25.0 Å². The molecule has 0 radical (unpaired) electrons. The van der Waals surface area contributed by atoms with Crippen molar-refractivity contribution in [1.82, 2.24) is 15.3 Å². The van der Waals surface area contributed by atoms with Crippen LogP contribution in [0.25, 0.3) is 11.0 Å². The number of ether oxygens (including phenoxy) is 1. The first-order valence-corrected chi connectivity index (χ1v) is 8.25. The Bertz CT molecular complexity index is 656. The van der Waals surface area contributed by atoms with Gasteiger partial charge in [-0.3, -0.25) is 0 Å². The van der Waals surface area contributed by atoms with Crippen molar-refractivity contribution in [2.45, 2.75) is 31.7 Å². The Morgan fingerprint density at radius 1 is 1.04 bits per heavy atom. The number of benzene rings is 1. The first kappa shape index (κ1) is 16.3. The second kappa shape index (κ2) is 7.32. The number of para-hydroxylation sites is 2. The summed E-state index contributed by atoms with van der Waals surface area (Å²) in [6.45, 7) is 2.91. The molecular weight excluding hydrogens is 312 g/mol. The molecule has 1 aromatic carbocycles. The third kappa shape index (κ3) is 4.03. The molecular formula is C17H23ClN4O. The number of halogens is 1. The maximum Gasteiger partial charge on any atom is 0.258 e. The highest BCUT2D eigenvalue weighted by molar-refractivity contribution is 5.85. The van der Waals surface area contributed by atoms with E-state index in [0.29, 0.717) is 17.8 Å². The van der Waals surface area contributed by atoms with E-state index in [1.807, 2.05) is 24.3 Å². The van der Waals surface area contributed by atoms with E-state index in [1.54, 1.807) is 0 Å². The van der Waals surface area contributed by atoms with Crippen LogP contribution in [-0.4, -0.2) is 35.7 Å². The van der Waals surface area contributed by atoms with E-state index in [1.165, 1.54) is 25.7 Å². The molecule has 2 aliphatic rings. The molecule has 4 rings (SSSR count). The largest absolute Gasteiger partial charge is 0.475 e. The summed E-state index contributed by atoms with van der Waals surface area (Å²) in [4.78, 5) is 9.39. The molecule has 1 saturated heterocycles. The Morgan fingerprint density at radius 3 is 2.43 bits per heavy atom. The van der Waals surface area contributed by atoms with Crippen LogP contribution in [0.5, 0.6) is 5.88 Å². The van der Waals surface area contributed by atoms with E-state index in [4.69, 9.17) is 9.72 Å². The molecule has 6 heteroatoms. The average Bonchev–Trinajstić information content (AvgIpc) is 3.38. The fraction of sp³-hybridized carbons (Fsp3) is 0.529. The van der Waals surface area contributed by atoms with E-state index in [2.05, 4.69) is 15.6 Å². The van der Waals surface area contributed by atoms with Crippen LogP contribution in [0.2, 0.25) is 0 Å². The van der Waals surface area contributed by atoms with Gasteiger partial charge in [-0.15, -0.1) is 12.4 Å². The van der Waals surface area contributed by atoms with Gasteiger partial charge in [0.1, 0.15) is 0 Å². The number of nitrogens with one attached hydrogen (secondary N) is 2. The zero-order chi connectivity index (χ0) is 14.8. The lowest BCUT2D eigenvalue weighted by atomic mass is 9.99. The summed E-state index contributed by atoms with van der Waals surface area (Å²) in [6.07, 6.45) is 4.77. The first-order chi connectivity index (χ1) is 10.9. The van der Waals surface area contributed by atoms with Crippen LogP contribution in [0.15, 0.2) is 24.3 Å². The summed E-state index contributed by atoms with van der Waals surface area (Å²) in [7, 11) is 0. The van der Waals surface area contributed by atoms with Gasteiger partial charge in [0.15, 0.2) is 5.82 Å². The topological polar surface area (TPSA) is 59.1 Å². The maximum atomic E-state index is 6.05. The Morgan fingerprint density at radius 2 is 1.74 bits per heavy atom. The van der Waals surface area contributed by atoms with E-state index in [0.717, 1.165) is 36.5 Å². The lowest BCUT2D eigenvalue weighted by Crippen LogP contribution is -2.30. The summed E-state index contributed by atoms with van der Waals surface area (Å²) in [5.74, 6) is 2.07. The summed E-state index contributed by atoms with van der Waals surface area (Å²) >= 11 is 0. The van der Waals surface area contributed by atoms with Gasteiger partial charge in [0.05, 0.1) is 17.6 Å². The van der Waals surface area contributed by atoms with Gasteiger partial charge in [0.2, 0.25) is 0 Å². The summed E-state index contributed by atoms with van der Waals surface area (Å²) in [5, 5.41) is 6.84. The number of nitrogens with zero attached hydrogens (tertiary/aromatic N) is 2. The molecule has 2 fully saturated rings. The van der Waals surface area contributed by atoms with Crippen LogP contribution >= 0.6 is 12.4 Å². The molecule has 23 heavy (non-hydrogen) atoms.